The fourth-order valence-electron chi connectivity index (χ4n) is 3.40. The standard InChI is InChI=1S/C22H19N5OS/c1-14-10-20-17-8-3-4-9-18(17)24-21(27(20)26-14)13-29-22-23-12-19(25-22)15-6-5-7-16(11-15)28-2/h3-12H,13H2,1-2H3,(H,23,25). The highest BCUT2D eigenvalue weighted by Gasteiger charge is 2.12. The van der Waals surface area contributed by atoms with Crippen molar-refractivity contribution in [2.24, 2.45) is 0 Å². The summed E-state index contributed by atoms with van der Waals surface area (Å²) in [5.74, 6) is 2.38. The van der Waals surface area contributed by atoms with Crippen LogP contribution in [0.15, 0.2) is 66.0 Å². The summed E-state index contributed by atoms with van der Waals surface area (Å²) < 4.78 is 7.25. The van der Waals surface area contributed by atoms with Crippen LogP contribution in [0.1, 0.15) is 11.5 Å². The zero-order chi connectivity index (χ0) is 19.8. The number of fused-ring (bicyclic) bond motifs is 3. The molecule has 3 aromatic heterocycles. The minimum absolute atomic E-state index is 0.660. The molecular weight excluding hydrogens is 382 g/mol. The first-order valence-electron chi connectivity index (χ1n) is 9.27. The molecule has 29 heavy (non-hydrogen) atoms. The van der Waals surface area contributed by atoms with Crippen molar-refractivity contribution < 1.29 is 4.74 Å². The van der Waals surface area contributed by atoms with Gasteiger partial charge in [-0.25, -0.2) is 14.5 Å². The molecule has 0 aliphatic rings. The number of hydrogen-bond acceptors (Lipinski definition) is 5. The molecular formula is C22H19N5OS. The van der Waals surface area contributed by atoms with Crippen molar-refractivity contribution in [3.63, 3.8) is 0 Å². The Kier molecular flexibility index (Phi) is 4.44. The van der Waals surface area contributed by atoms with Crippen LogP contribution < -0.4 is 4.74 Å². The fraction of sp³-hybridized carbons (Fsp3) is 0.136. The molecule has 0 spiro atoms. The maximum absolute atomic E-state index is 5.31. The van der Waals surface area contributed by atoms with Gasteiger partial charge in [0.15, 0.2) is 5.16 Å². The van der Waals surface area contributed by atoms with E-state index in [1.54, 1.807) is 18.9 Å². The average molecular weight is 401 g/mol. The molecule has 0 saturated carbocycles. The molecule has 0 aliphatic heterocycles. The van der Waals surface area contributed by atoms with Gasteiger partial charge in [0, 0.05) is 10.9 Å². The van der Waals surface area contributed by atoms with Crippen LogP contribution in [0.25, 0.3) is 27.7 Å². The Morgan fingerprint density at radius 3 is 2.90 bits per heavy atom. The molecule has 6 nitrogen and oxygen atoms in total. The summed E-state index contributed by atoms with van der Waals surface area (Å²) in [5, 5.41) is 6.60. The molecule has 2 aromatic carbocycles. The fourth-order valence-corrected chi connectivity index (χ4v) is 4.16. The number of para-hydroxylation sites is 1. The topological polar surface area (TPSA) is 68.1 Å². The molecule has 1 N–H and O–H groups in total. The molecule has 0 amide bonds. The maximum atomic E-state index is 5.31. The highest BCUT2D eigenvalue weighted by molar-refractivity contribution is 7.98. The Hall–Kier alpha value is -3.32. The van der Waals surface area contributed by atoms with Crippen LogP contribution in [0.5, 0.6) is 5.75 Å². The zero-order valence-electron chi connectivity index (χ0n) is 16.1. The number of nitrogens with zero attached hydrogens (tertiary/aromatic N) is 4. The summed E-state index contributed by atoms with van der Waals surface area (Å²) in [4.78, 5) is 12.7. The third kappa shape index (κ3) is 3.34. The van der Waals surface area contributed by atoms with E-state index in [-0.39, 0.29) is 0 Å². The molecule has 0 unspecified atom stereocenters. The number of ether oxygens (including phenoxy) is 1. The Labute approximate surface area is 172 Å². The Morgan fingerprint density at radius 1 is 1.10 bits per heavy atom. The van der Waals surface area contributed by atoms with E-state index in [2.05, 4.69) is 27.2 Å². The van der Waals surface area contributed by atoms with Crippen molar-refractivity contribution in [3.05, 3.63) is 72.3 Å². The summed E-state index contributed by atoms with van der Waals surface area (Å²) in [6.45, 7) is 2.01. The number of benzene rings is 2. The van der Waals surface area contributed by atoms with E-state index in [9.17, 15) is 0 Å². The first-order valence-corrected chi connectivity index (χ1v) is 10.3. The number of aromatic nitrogens is 5. The molecule has 0 aliphatic carbocycles. The summed E-state index contributed by atoms with van der Waals surface area (Å²) in [5.41, 5.74) is 5.04. The molecule has 7 heteroatoms. The van der Waals surface area contributed by atoms with Gasteiger partial charge in [0.05, 0.1) is 41.5 Å². The minimum Gasteiger partial charge on any atom is -0.497 e. The number of nitrogens with one attached hydrogen (secondary N) is 1. The van der Waals surface area contributed by atoms with Gasteiger partial charge < -0.3 is 9.72 Å². The van der Waals surface area contributed by atoms with Crippen LogP contribution in [0, 0.1) is 6.92 Å². The van der Waals surface area contributed by atoms with Crippen LogP contribution in [-0.4, -0.2) is 31.7 Å². The molecule has 5 aromatic rings. The van der Waals surface area contributed by atoms with Crippen molar-refractivity contribution >= 4 is 28.2 Å². The van der Waals surface area contributed by atoms with E-state index < -0.39 is 0 Å². The van der Waals surface area contributed by atoms with Crippen molar-refractivity contribution in [2.75, 3.05) is 7.11 Å². The largest absolute Gasteiger partial charge is 0.497 e. The summed E-state index contributed by atoms with van der Waals surface area (Å²) >= 11 is 1.61. The number of thioether (sulfide) groups is 1. The quantitative estimate of drug-likeness (QED) is 0.425. The maximum Gasteiger partial charge on any atom is 0.166 e. The number of H-pyrrole nitrogens is 1. The van der Waals surface area contributed by atoms with Crippen LogP contribution in [0.3, 0.4) is 0 Å². The SMILES string of the molecule is COc1cccc(-c2cnc(SCc3nc4ccccc4c4cc(C)nn34)[nH]2)c1. The van der Waals surface area contributed by atoms with Gasteiger partial charge in [-0.3, -0.25) is 0 Å². The van der Waals surface area contributed by atoms with Crippen LogP contribution >= 0.6 is 11.8 Å². The second-order valence-electron chi connectivity index (χ2n) is 6.75. The van der Waals surface area contributed by atoms with E-state index in [1.165, 1.54) is 0 Å². The predicted molar refractivity (Wildman–Crippen MR) is 115 cm³/mol. The van der Waals surface area contributed by atoms with E-state index in [0.717, 1.165) is 50.1 Å². The van der Waals surface area contributed by atoms with Crippen molar-refractivity contribution in [1.29, 1.82) is 0 Å². The van der Waals surface area contributed by atoms with Crippen molar-refractivity contribution in [2.45, 2.75) is 17.8 Å². The van der Waals surface area contributed by atoms with Gasteiger partial charge >= 0.3 is 0 Å². The van der Waals surface area contributed by atoms with Crippen molar-refractivity contribution in [1.82, 2.24) is 24.6 Å². The first-order chi connectivity index (χ1) is 14.2. The predicted octanol–water partition coefficient (Wildman–Crippen LogP) is 4.88. The minimum atomic E-state index is 0.660. The lowest BCUT2D eigenvalue weighted by Crippen LogP contribution is -2.02. The molecule has 5 rings (SSSR count). The van der Waals surface area contributed by atoms with Crippen LogP contribution in [0.2, 0.25) is 0 Å². The lowest BCUT2D eigenvalue weighted by Gasteiger charge is -2.06. The number of imidazole rings is 1. The molecule has 0 atom stereocenters. The number of methoxy groups -OCH3 is 1. The van der Waals surface area contributed by atoms with Gasteiger partial charge in [-0.1, -0.05) is 42.1 Å². The van der Waals surface area contributed by atoms with E-state index >= 15 is 0 Å². The van der Waals surface area contributed by atoms with Crippen LogP contribution in [0.4, 0.5) is 0 Å². The lowest BCUT2D eigenvalue weighted by atomic mass is 10.1. The normalized spacial score (nSPS) is 11.4. The molecule has 0 bridgehead atoms. The summed E-state index contributed by atoms with van der Waals surface area (Å²) in [6, 6.07) is 18.2. The van der Waals surface area contributed by atoms with E-state index in [1.807, 2.05) is 60.1 Å². The van der Waals surface area contributed by atoms with Gasteiger partial charge in [-0.05, 0) is 31.2 Å². The van der Waals surface area contributed by atoms with Crippen molar-refractivity contribution in [3.8, 4) is 17.0 Å². The van der Waals surface area contributed by atoms with Gasteiger partial charge in [-0.15, -0.1) is 0 Å². The lowest BCUT2D eigenvalue weighted by molar-refractivity contribution is 0.415. The van der Waals surface area contributed by atoms with Gasteiger partial charge in [-0.2, -0.15) is 5.10 Å². The molecule has 0 radical (unpaired) electrons. The highest BCUT2D eigenvalue weighted by atomic mass is 32.2. The molecule has 3 heterocycles. The number of hydrogen-bond donors (Lipinski definition) is 1. The van der Waals surface area contributed by atoms with E-state index in [0.29, 0.717) is 5.75 Å². The third-order valence-corrected chi connectivity index (χ3v) is 5.66. The first kappa shape index (κ1) is 17.8. The van der Waals surface area contributed by atoms with Gasteiger partial charge in [0.1, 0.15) is 11.6 Å². The van der Waals surface area contributed by atoms with Crippen LogP contribution in [-0.2, 0) is 5.75 Å². The average Bonchev–Trinajstić information content (AvgIpc) is 3.38. The monoisotopic (exact) mass is 401 g/mol. The summed E-state index contributed by atoms with van der Waals surface area (Å²) in [6.07, 6.45) is 1.85. The molecule has 144 valence electrons. The Balaban J connectivity index is 1.44. The molecule has 0 fully saturated rings. The second-order valence-corrected chi connectivity index (χ2v) is 7.71. The smallest absolute Gasteiger partial charge is 0.166 e. The third-order valence-electron chi connectivity index (χ3n) is 4.78. The van der Waals surface area contributed by atoms with Gasteiger partial charge in [0.25, 0.3) is 0 Å². The Bertz CT molecular complexity index is 1320. The van der Waals surface area contributed by atoms with E-state index in [4.69, 9.17) is 9.72 Å². The Morgan fingerprint density at radius 2 is 2.00 bits per heavy atom. The molecule has 0 saturated heterocycles. The van der Waals surface area contributed by atoms with Gasteiger partial charge in [0.2, 0.25) is 0 Å². The summed E-state index contributed by atoms with van der Waals surface area (Å²) in [7, 11) is 1.67. The zero-order valence-corrected chi connectivity index (χ0v) is 16.9. The number of rotatable bonds is 5. The second kappa shape index (κ2) is 7.25. The number of aromatic amines is 1. The highest BCUT2D eigenvalue weighted by Crippen LogP contribution is 2.27. The number of aryl methyl sites for hydroxylation is 1.